The number of pyridine rings is 1. The smallest absolute Gasteiger partial charge is 0.257 e. The van der Waals surface area contributed by atoms with Crippen molar-refractivity contribution in [1.82, 2.24) is 4.98 Å². The molecule has 2 aromatic carbocycles. The van der Waals surface area contributed by atoms with E-state index in [1.807, 2.05) is 6.07 Å². The maximum Gasteiger partial charge on any atom is 0.257 e. The quantitative estimate of drug-likeness (QED) is 0.707. The van der Waals surface area contributed by atoms with Crippen molar-refractivity contribution in [2.24, 2.45) is 0 Å². The summed E-state index contributed by atoms with van der Waals surface area (Å²) in [5.74, 6) is 1.19. The molecule has 0 spiro atoms. The second-order valence-corrected chi connectivity index (χ2v) is 6.54. The zero-order chi connectivity index (χ0) is 20.1. The van der Waals surface area contributed by atoms with Crippen LogP contribution in [-0.2, 0) is 4.74 Å². The largest absolute Gasteiger partial charge is 0.457 e. The minimum atomic E-state index is -0.361. The predicted molar refractivity (Wildman–Crippen MR) is 108 cm³/mol. The van der Waals surface area contributed by atoms with Crippen molar-refractivity contribution in [3.8, 4) is 11.5 Å². The number of halogens is 1. The molecule has 29 heavy (non-hydrogen) atoms. The number of hydrogen-bond donors (Lipinski definition) is 1. The van der Waals surface area contributed by atoms with Gasteiger partial charge in [0.15, 0.2) is 0 Å². The molecule has 1 aliphatic heterocycles. The highest BCUT2D eigenvalue weighted by atomic mass is 19.1. The molecule has 0 atom stereocenters. The number of nitrogens with zero attached hydrogens (tertiary/aromatic N) is 2. The first-order valence-electron chi connectivity index (χ1n) is 9.31. The fourth-order valence-corrected chi connectivity index (χ4v) is 2.98. The minimum absolute atomic E-state index is 0.246. The van der Waals surface area contributed by atoms with Crippen molar-refractivity contribution in [2.75, 3.05) is 36.5 Å². The van der Waals surface area contributed by atoms with E-state index < -0.39 is 0 Å². The van der Waals surface area contributed by atoms with Crippen LogP contribution in [0.3, 0.4) is 0 Å². The molecule has 0 aliphatic carbocycles. The van der Waals surface area contributed by atoms with Crippen molar-refractivity contribution in [2.45, 2.75) is 0 Å². The number of nitrogens with one attached hydrogen (secondary N) is 1. The van der Waals surface area contributed by atoms with Crippen molar-refractivity contribution >= 4 is 17.4 Å². The zero-order valence-electron chi connectivity index (χ0n) is 15.7. The lowest BCUT2D eigenvalue weighted by molar-refractivity contribution is 0.102. The fraction of sp³-hybridized carbons (Fsp3) is 0.182. The minimum Gasteiger partial charge on any atom is -0.457 e. The Morgan fingerprint density at radius 3 is 2.52 bits per heavy atom. The molecule has 0 radical (unpaired) electrons. The molecule has 1 amide bonds. The summed E-state index contributed by atoms with van der Waals surface area (Å²) < 4.78 is 24.2. The Morgan fingerprint density at radius 2 is 1.83 bits per heavy atom. The van der Waals surface area contributed by atoms with Gasteiger partial charge in [0.1, 0.15) is 23.1 Å². The predicted octanol–water partition coefficient (Wildman–Crippen LogP) is 4.10. The second-order valence-electron chi connectivity index (χ2n) is 6.54. The van der Waals surface area contributed by atoms with Crippen LogP contribution in [0.2, 0.25) is 0 Å². The molecule has 148 valence electrons. The highest BCUT2D eigenvalue weighted by molar-refractivity contribution is 6.04. The molecule has 4 rings (SSSR count). The molecule has 1 aromatic heterocycles. The van der Waals surface area contributed by atoms with Gasteiger partial charge in [-0.15, -0.1) is 0 Å². The van der Waals surface area contributed by atoms with E-state index in [1.54, 1.807) is 48.7 Å². The summed E-state index contributed by atoms with van der Waals surface area (Å²) in [6.07, 6.45) is 1.57. The molecule has 0 bridgehead atoms. The van der Waals surface area contributed by atoms with Gasteiger partial charge in [0.05, 0.1) is 18.8 Å². The van der Waals surface area contributed by atoms with Crippen LogP contribution in [0, 0.1) is 5.82 Å². The van der Waals surface area contributed by atoms with Crippen LogP contribution in [0.15, 0.2) is 66.9 Å². The standard InChI is InChI=1S/C22H20FN3O3/c23-17-2-1-3-20(14-17)29-19-7-5-18(6-8-19)25-22(27)16-4-9-21(24-15-16)26-10-12-28-13-11-26/h1-9,14-15H,10-13H2,(H,25,27). The van der Waals surface area contributed by atoms with Crippen molar-refractivity contribution in [3.05, 3.63) is 78.2 Å². The third-order valence-electron chi connectivity index (χ3n) is 4.49. The van der Waals surface area contributed by atoms with E-state index in [4.69, 9.17) is 9.47 Å². The number of anilines is 2. The van der Waals surface area contributed by atoms with Crippen LogP contribution in [-0.4, -0.2) is 37.2 Å². The molecule has 1 saturated heterocycles. The maximum atomic E-state index is 13.2. The second kappa shape index (κ2) is 8.70. The van der Waals surface area contributed by atoms with Gasteiger partial charge >= 0.3 is 0 Å². The van der Waals surface area contributed by atoms with Gasteiger partial charge < -0.3 is 19.7 Å². The number of rotatable bonds is 5. The van der Waals surface area contributed by atoms with E-state index >= 15 is 0 Å². The zero-order valence-corrected chi connectivity index (χ0v) is 15.7. The van der Waals surface area contributed by atoms with E-state index in [-0.39, 0.29) is 11.7 Å². The number of ether oxygens (including phenoxy) is 2. The summed E-state index contributed by atoms with van der Waals surface area (Å²) >= 11 is 0. The molecular formula is C22H20FN3O3. The van der Waals surface area contributed by atoms with Gasteiger partial charge in [-0.05, 0) is 48.5 Å². The van der Waals surface area contributed by atoms with Crippen LogP contribution in [0.4, 0.5) is 15.9 Å². The Morgan fingerprint density at radius 1 is 1.03 bits per heavy atom. The molecule has 1 N–H and O–H groups in total. The molecule has 3 aromatic rings. The van der Waals surface area contributed by atoms with E-state index in [1.165, 1.54) is 12.1 Å². The molecule has 0 saturated carbocycles. The van der Waals surface area contributed by atoms with Crippen molar-refractivity contribution in [1.29, 1.82) is 0 Å². The highest BCUT2D eigenvalue weighted by Crippen LogP contribution is 2.24. The molecule has 0 unspecified atom stereocenters. The summed E-state index contributed by atoms with van der Waals surface area (Å²) in [4.78, 5) is 19.0. The monoisotopic (exact) mass is 393 g/mol. The molecule has 7 heteroatoms. The van der Waals surface area contributed by atoms with Crippen LogP contribution in [0.1, 0.15) is 10.4 Å². The highest BCUT2D eigenvalue weighted by Gasteiger charge is 2.13. The SMILES string of the molecule is O=C(Nc1ccc(Oc2cccc(F)c2)cc1)c1ccc(N2CCOCC2)nc1. The lowest BCUT2D eigenvalue weighted by Crippen LogP contribution is -2.36. The lowest BCUT2D eigenvalue weighted by Gasteiger charge is -2.27. The Kier molecular flexibility index (Phi) is 5.67. The molecule has 6 nitrogen and oxygen atoms in total. The first kappa shape index (κ1) is 18.9. The maximum absolute atomic E-state index is 13.2. The number of morpholine rings is 1. The first-order chi connectivity index (χ1) is 14.2. The van der Waals surface area contributed by atoms with Gasteiger partial charge in [-0.1, -0.05) is 6.07 Å². The number of amides is 1. The van der Waals surface area contributed by atoms with E-state index in [9.17, 15) is 9.18 Å². The Labute approximate surface area is 167 Å². The number of aromatic nitrogens is 1. The normalized spacial score (nSPS) is 13.8. The first-order valence-corrected chi connectivity index (χ1v) is 9.31. The van der Waals surface area contributed by atoms with Gasteiger partial charge in [-0.3, -0.25) is 4.79 Å². The van der Waals surface area contributed by atoms with Crippen LogP contribution < -0.4 is 15.0 Å². The Bertz CT molecular complexity index is 971. The lowest BCUT2D eigenvalue weighted by atomic mass is 10.2. The average Bonchev–Trinajstić information content (AvgIpc) is 2.76. The molecular weight excluding hydrogens is 373 g/mol. The Balaban J connectivity index is 1.36. The van der Waals surface area contributed by atoms with E-state index in [0.717, 1.165) is 18.9 Å². The number of hydrogen-bond acceptors (Lipinski definition) is 5. The third-order valence-corrected chi connectivity index (χ3v) is 4.49. The van der Waals surface area contributed by atoms with Gasteiger partial charge in [0, 0.05) is 31.0 Å². The van der Waals surface area contributed by atoms with Crippen LogP contribution >= 0.6 is 0 Å². The van der Waals surface area contributed by atoms with Crippen molar-refractivity contribution in [3.63, 3.8) is 0 Å². The number of carbonyl (C=O) groups excluding carboxylic acids is 1. The summed E-state index contributed by atoms with van der Waals surface area (Å²) in [6, 6.07) is 16.4. The third kappa shape index (κ3) is 4.89. The van der Waals surface area contributed by atoms with Gasteiger partial charge in [0.2, 0.25) is 0 Å². The van der Waals surface area contributed by atoms with Gasteiger partial charge in [-0.25, -0.2) is 9.37 Å². The van der Waals surface area contributed by atoms with E-state index in [2.05, 4.69) is 15.2 Å². The van der Waals surface area contributed by atoms with Gasteiger partial charge in [0.25, 0.3) is 5.91 Å². The number of carbonyl (C=O) groups is 1. The average molecular weight is 393 g/mol. The topological polar surface area (TPSA) is 63.7 Å². The molecule has 1 fully saturated rings. The molecule has 2 heterocycles. The van der Waals surface area contributed by atoms with Crippen molar-refractivity contribution < 1.29 is 18.7 Å². The molecule has 1 aliphatic rings. The fourth-order valence-electron chi connectivity index (χ4n) is 2.98. The number of benzene rings is 2. The summed E-state index contributed by atoms with van der Waals surface area (Å²) in [6.45, 7) is 2.96. The van der Waals surface area contributed by atoms with Gasteiger partial charge in [-0.2, -0.15) is 0 Å². The van der Waals surface area contributed by atoms with E-state index in [0.29, 0.717) is 36.0 Å². The summed E-state index contributed by atoms with van der Waals surface area (Å²) in [5, 5.41) is 2.83. The summed E-state index contributed by atoms with van der Waals surface area (Å²) in [5.41, 5.74) is 1.10. The van der Waals surface area contributed by atoms with Crippen LogP contribution in [0.5, 0.6) is 11.5 Å². The summed E-state index contributed by atoms with van der Waals surface area (Å²) in [7, 11) is 0. The Hall–Kier alpha value is -3.45. The van der Waals surface area contributed by atoms with Crippen LogP contribution in [0.25, 0.3) is 0 Å².